The van der Waals surface area contributed by atoms with Gasteiger partial charge in [-0.1, -0.05) is 35.3 Å². The van der Waals surface area contributed by atoms with E-state index in [1.807, 2.05) is 54.8 Å². The Morgan fingerprint density at radius 1 is 0.935 bits per heavy atom. The molecule has 0 aliphatic heterocycles. The molecule has 0 aliphatic rings. The van der Waals surface area contributed by atoms with Crippen molar-refractivity contribution in [3.8, 4) is 22.8 Å². The number of carbonyl (C=O) groups is 2. The minimum atomic E-state index is -0.363. The monoisotopic (exact) mass is 785 g/mol. The number of hydrazone groups is 1. The van der Waals surface area contributed by atoms with E-state index in [-0.39, 0.29) is 18.4 Å². The molecule has 9 nitrogen and oxygen atoms in total. The van der Waals surface area contributed by atoms with E-state index in [1.165, 1.54) is 17.6 Å². The second-order valence-corrected chi connectivity index (χ2v) is 12.4. The Labute approximate surface area is 293 Å². The molecule has 234 valence electrons. The number of hydrogen-bond acceptors (Lipinski definition) is 8. The zero-order valence-corrected chi connectivity index (χ0v) is 28.7. The molecule has 0 aliphatic carbocycles. The van der Waals surface area contributed by atoms with Crippen molar-refractivity contribution in [3.05, 3.63) is 115 Å². The first kappa shape index (κ1) is 33.2. The Morgan fingerprint density at radius 3 is 2.28 bits per heavy atom. The van der Waals surface area contributed by atoms with Crippen LogP contribution in [0.3, 0.4) is 0 Å². The number of carbonyl (C=O) groups excluding carboxylic acids is 2. The van der Waals surface area contributed by atoms with E-state index in [0.717, 1.165) is 22.1 Å². The van der Waals surface area contributed by atoms with Crippen molar-refractivity contribution in [1.29, 1.82) is 0 Å². The molecule has 0 bridgehead atoms. The van der Waals surface area contributed by atoms with Gasteiger partial charge in [0.2, 0.25) is 0 Å². The van der Waals surface area contributed by atoms with Crippen LogP contribution < -0.4 is 25.5 Å². The molecule has 0 saturated carbocycles. The Balaban J connectivity index is 1.17. The summed E-state index contributed by atoms with van der Waals surface area (Å²) >= 11 is 15.4. The number of hydrogen-bond donors (Lipinski definition) is 3. The topological polar surface area (TPSA) is 114 Å². The van der Waals surface area contributed by atoms with Gasteiger partial charge in [0.1, 0.15) is 0 Å². The molecule has 5 rings (SSSR count). The Kier molecular flexibility index (Phi) is 11.5. The molecular weight excluding hydrogens is 760 g/mol. The maximum Gasteiger partial charge on any atom is 0.271 e. The maximum atomic E-state index is 12.8. The number of rotatable bonds is 12. The minimum Gasteiger partial charge on any atom is -0.490 e. The smallest absolute Gasteiger partial charge is 0.271 e. The number of aromatic nitrogens is 1. The van der Waals surface area contributed by atoms with E-state index < -0.39 is 0 Å². The van der Waals surface area contributed by atoms with E-state index in [1.54, 1.807) is 42.5 Å². The summed E-state index contributed by atoms with van der Waals surface area (Å²) in [5.74, 6) is 0.190. The van der Waals surface area contributed by atoms with Crippen molar-refractivity contribution in [2.75, 3.05) is 23.8 Å². The lowest BCUT2D eigenvalue weighted by molar-refractivity contribution is -0.118. The molecule has 0 spiro atoms. The fourth-order valence-corrected chi connectivity index (χ4v) is 5.85. The van der Waals surface area contributed by atoms with Crippen LogP contribution in [0.15, 0.2) is 95.4 Å². The van der Waals surface area contributed by atoms with Gasteiger partial charge in [-0.05, 0) is 108 Å². The van der Waals surface area contributed by atoms with Crippen LogP contribution >= 0.6 is 57.1 Å². The summed E-state index contributed by atoms with van der Waals surface area (Å²) in [7, 11) is 0. The summed E-state index contributed by atoms with van der Waals surface area (Å²) in [5, 5.41) is 14.1. The van der Waals surface area contributed by atoms with E-state index in [9.17, 15) is 9.59 Å². The van der Waals surface area contributed by atoms with Gasteiger partial charge in [0.05, 0.1) is 22.1 Å². The van der Waals surface area contributed by atoms with Gasteiger partial charge >= 0.3 is 0 Å². The molecule has 3 N–H and O–H groups in total. The number of anilines is 3. The standard InChI is InChI=1S/C33H26Cl2IN5O4S/c1-2-44-29-16-20(15-27(36)31(29)45-18-30(42)38-25-11-7-23(34)8-12-25)17-37-41-32(43)22-5-3-21(4-6-22)28-19-46-33(40-28)39-26-13-9-24(35)10-14-26/h3-17,19H,2,18H2,1H3,(H,38,42)(H,39,40)(H,41,43)/b37-17-. The van der Waals surface area contributed by atoms with Crippen LogP contribution in [-0.2, 0) is 4.79 Å². The summed E-state index contributed by atoms with van der Waals surface area (Å²) in [5.41, 5.74) is 6.85. The highest BCUT2D eigenvalue weighted by atomic mass is 127. The molecular formula is C33H26Cl2IN5O4S. The van der Waals surface area contributed by atoms with Crippen LogP contribution in [0.5, 0.6) is 11.5 Å². The third-order valence-electron chi connectivity index (χ3n) is 6.23. The second-order valence-electron chi connectivity index (χ2n) is 9.55. The van der Waals surface area contributed by atoms with Gasteiger partial charge in [0.25, 0.3) is 11.8 Å². The highest BCUT2D eigenvalue weighted by Gasteiger charge is 2.14. The number of ether oxygens (including phenoxy) is 2. The average Bonchev–Trinajstić information content (AvgIpc) is 3.51. The van der Waals surface area contributed by atoms with Crippen molar-refractivity contribution < 1.29 is 19.1 Å². The molecule has 0 atom stereocenters. The molecule has 0 saturated heterocycles. The number of nitrogens with zero attached hydrogens (tertiary/aromatic N) is 2. The highest BCUT2D eigenvalue weighted by Crippen LogP contribution is 2.34. The predicted octanol–water partition coefficient (Wildman–Crippen LogP) is 8.65. The predicted molar refractivity (Wildman–Crippen MR) is 193 cm³/mol. The molecule has 5 aromatic rings. The van der Waals surface area contributed by atoms with Gasteiger partial charge in [-0.15, -0.1) is 11.3 Å². The fourth-order valence-electron chi connectivity index (χ4n) is 4.08. The lowest BCUT2D eigenvalue weighted by atomic mass is 10.1. The summed E-state index contributed by atoms with van der Waals surface area (Å²) in [6.45, 7) is 2.02. The molecule has 0 fully saturated rings. The zero-order chi connectivity index (χ0) is 32.5. The highest BCUT2D eigenvalue weighted by molar-refractivity contribution is 14.1. The first-order valence-corrected chi connectivity index (χ1v) is 16.6. The number of amides is 2. The fraction of sp³-hybridized carbons (Fsp3) is 0.0909. The van der Waals surface area contributed by atoms with Crippen molar-refractivity contribution in [2.24, 2.45) is 5.10 Å². The van der Waals surface area contributed by atoms with Gasteiger partial charge in [0, 0.05) is 37.9 Å². The van der Waals surface area contributed by atoms with Gasteiger partial charge in [-0.2, -0.15) is 5.10 Å². The van der Waals surface area contributed by atoms with Crippen LogP contribution in [0, 0.1) is 3.57 Å². The molecule has 4 aromatic carbocycles. The maximum absolute atomic E-state index is 12.8. The Hall–Kier alpha value is -4.17. The normalized spacial score (nSPS) is 10.9. The van der Waals surface area contributed by atoms with Gasteiger partial charge < -0.3 is 20.1 Å². The van der Waals surface area contributed by atoms with Gasteiger partial charge in [-0.3, -0.25) is 9.59 Å². The van der Waals surface area contributed by atoms with Crippen LogP contribution in [0.4, 0.5) is 16.5 Å². The lowest BCUT2D eigenvalue weighted by Crippen LogP contribution is -2.20. The first-order valence-electron chi connectivity index (χ1n) is 13.8. The second kappa shape index (κ2) is 15.9. The van der Waals surface area contributed by atoms with E-state index in [4.69, 9.17) is 32.7 Å². The summed E-state index contributed by atoms with van der Waals surface area (Å²) < 4.78 is 12.3. The number of nitrogens with one attached hydrogen (secondary N) is 3. The molecule has 1 heterocycles. The Bertz CT molecular complexity index is 1850. The SMILES string of the molecule is CCOc1cc(/C=N\NC(=O)c2ccc(-c3csc(Nc4ccc(Cl)cc4)n3)cc2)cc(I)c1OCC(=O)Nc1ccc(Cl)cc1. The third kappa shape index (κ3) is 9.19. The van der Waals surface area contributed by atoms with Crippen molar-refractivity contribution in [2.45, 2.75) is 6.92 Å². The third-order valence-corrected chi connectivity index (χ3v) is 8.29. The van der Waals surface area contributed by atoms with E-state index in [0.29, 0.717) is 48.5 Å². The van der Waals surface area contributed by atoms with Crippen LogP contribution in [0.25, 0.3) is 11.3 Å². The van der Waals surface area contributed by atoms with Gasteiger partial charge in [-0.25, -0.2) is 10.4 Å². The molecule has 13 heteroatoms. The molecule has 46 heavy (non-hydrogen) atoms. The molecule has 1 aromatic heterocycles. The summed E-state index contributed by atoms with van der Waals surface area (Å²) in [6, 6.07) is 24.8. The van der Waals surface area contributed by atoms with Crippen LogP contribution in [0.2, 0.25) is 10.0 Å². The van der Waals surface area contributed by atoms with Crippen molar-refractivity contribution in [3.63, 3.8) is 0 Å². The number of thiazole rings is 1. The molecule has 0 radical (unpaired) electrons. The van der Waals surface area contributed by atoms with Crippen molar-refractivity contribution >= 4 is 91.7 Å². The van der Waals surface area contributed by atoms with Gasteiger partial charge in [0.15, 0.2) is 23.2 Å². The van der Waals surface area contributed by atoms with E-state index in [2.05, 4.69) is 48.7 Å². The first-order chi connectivity index (χ1) is 22.3. The Morgan fingerprint density at radius 2 is 1.61 bits per heavy atom. The zero-order valence-electron chi connectivity index (χ0n) is 24.2. The average molecular weight is 786 g/mol. The summed E-state index contributed by atoms with van der Waals surface area (Å²) in [6.07, 6.45) is 1.51. The van der Waals surface area contributed by atoms with Crippen LogP contribution in [0.1, 0.15) is 22.8 Å². The molecule has 2 amide bonds. The van der Waals surface area contributed by atoms with Crippen LogP contribution in [-0.4, -0.2) is 36.2 Å². The largest absolute Gasteiger partial charge is 0.490 e. The number of halogens is 3. The lowest BCUT2D eigenvalue weighted by Gasteiger charge is -2.14. The van der Waals surface area contributed by atoms with E-state index >= 15 is 0 Å². The minimum absolute atomic E-state index is 0.217. The van der Waals surface area contributed by atoms with Crippen molar-refractivity contribution in [1.82, 2.24) is 10.4 Å². The molecule has 0 unspecified atom stereocenters. The quantitative estimate of drug-likeness (QED) is 0.0663. The number of benzene rings is 4. The summed E-state index contributed by atoms with van der Waals surface area (Å²) in [4.78, 5) is 29.8.